The van der Waals surface area contributed by atoms with Gasteiger partial charge in [-0.3, -0.25) is 4.79 Å². The molecule has 0 spiro atoms. The lowest BCUT2D eigenvalue weighted by Crippen LogP contribution is -2.41. The standard InChI is InChI=1S/C18H26N2O/c19-12-17(15-8-9-15)20-18(21)16-10-6-14(7-11-16)13-4-2-1-3-5-13/h6-7,10-11,13,15,17H,1-5,8-9,12,19H2,(H,20,21). The van der Waals surface area contributed by atoms with Gasteiger partial charge in [0.1, 0.15) is 0 Å². The lowest BCUT2D eigenvalue weighted by molar-refractivity contribution is 0.0933. The molecule has 21 heavy (non-hydrogen) atoms. The van der Waals surface area contributed by atoms with Gasteiger partial charge < -0.3 is 11.1 Å². The van der Waals surface area contributed by atoms with E-state index in [2.05, 4.69) is 17.4 Å². The minimum atomic E-state index is 0.0209. The van der Waals surface area contributed by atoms with Crippen LogP contribution in [0.3, 0.4) is 0 Å². The molecule has 1 aromatic rings. The average molecular weight is 286 g/mol. The maximum atomic E-state index is 12.3. The Balaban J connectivity index is 1.61. The van der Waals surface area contributed by atoms with Crippen molar-refractivity contribution in [1.82, 2.24) is 5.32 Å². The van der Waals surface area contributed by atoms with Gasteiger partial charge in [0.25, 0.3) is 5.91 Å². The molecule has 1 unspecified atom stereocenters. The summed E-state index contributed by atoms with van der Waals surface area (Å²) in [6, 6.07) is 8.37. The van der Waals surface area contributed by atoms with Crippen LogP contribution in [0.4, 0.5) is 0 Å². The van der Waals surface area contributed by atoms with E-state index < -0.39 is 0 Å². The summed E-state index contributed by atoms with van der Waals surface area (Å²) < 4.78 is 0. The minimum Gasteiger partial charge on any atom is -0.348 e. The zero-order valence-corrected chi connectivity index (χ0v) is 12.7. The van der Waals surface area contributed by atoms with Crippen LogP contribution in [0.1, 0.15) is 66.8 Å². The molecule has 1 amide bonds. The molecule has 0 radical (unpaired) electrons. The molecule has 3 N–H and O–H groups in total. The van der Waals surface area contributed by atoms with Crippen LogP contribution >= 0.6 is 0 Å². The molecule has 2 aliphatic rings. The van der Waals surface area contributed by atoms with E-state index in [0.29, 0.717) is 18.4 Å². The Kier molecular flexibility index (Phi) is 4.59. The average Bonchev–Trinajstić information content (AvgIpc) is 3.38. The third-order valence-corrected chi connectivity index (χ3v) is 5.01. The normalized spacial score (nSPS) is 21.0. The maximum Gasteiger partial charge on any atom is 0.251 e. The topological polar surface area (TPSA) is 55.1 Å². The van der Waals surface area contributed by atoms with E-state index in [1.165, 1.54) is 50.5 Å². The number of hydrogen-bond donors (Lipinski definition) is 2. The lowest BCUT2D eigenvalue weighted by atomic mass is 9.84. The third kappa shape index (κ3) is 3.65. The van der Waals surface area contributed by atoms with Crippen molar-refractivity contribution in [2.24, 2.45) is 11.7 Å². The Morgan fingerprint density at radius 2 is 1.76 bits per heavy atom. The number of hydrogen-bond acceptors (Lipinski definition) is 2. The van der Waals surface area contributed by atoms with Crippen molar-refractivity contribution in [3.05, 3.63) is 35.4 Å². The minimum absolute atomic E-state index is 0.0209. The summed E-state index contributed by atoms with van der Waals surface area (Å²) in [6.45, 7) is 0.538. The summed E-state index contributed by atoms with van der Waals surface area (Å²) in [7, 11) is 0. The molecular weight excluding hydrogens is 260 g/mol. The quantitative estimate of drug-likeness (QED) is 0.873. The van der Waals surface area contributed by atoms with Gasteiger partial charge in [0, 0.05) is 18.2 Å². The first kappa shape index (κ1) is 14.6. The van der Waals surface area contributed by atoms with E-state index in [0.717, 1.165) is 5.56 Å². The Morgan fingerprint density at radius 1 is 1.10 bits per heavy atom. The molecule has 1 atom stereocenters. The summed E-state index contributed by atoms with van der Waals surface area (Å²) in [5, 5.41) is 3.08. The van der Waals surface area contributed by atoms with Crippen molar-refractivity contribution >= 4 is 5.91 Å². The number of nitrogens with one attached hydrogen (secondary N) is 1. The molecule has 1 aromatic carbocycles. The molecule has 2 aliphatic carbocycles. The number of carbonyl (C=O) groups is 1. The van der Waals surface area contributed by atoms with Gasteiger partial charge in [-0.1, -0.05) is 31.4 Å². The van der Waals surface area contributed by atoms with E-state index in [9.17, 15) is 4.79 Å². The fourth-order valence-electron chi connectivity index (χ4n) is 3.46. The van der Waals surface area contributed by atoms with Crippen LogP contribution in [-0.2, 0) is 0 Å². The van der Waals surface area contributed by atoms with Crippen molar-refractivity contribution in [3.8, 4) is 0 Å². The Labute approximate surface area is 127 Å². The van der Waals surface area contributed by atoms with Crippen molar-refractivity contribution < 1.29 is 4.79 Å². The Bertz CT molecular complexity index is 472. The first-order chi connectivity index (χ1) is 10.3. The van der Waals surface area contributed by atoms with Gasteiger partial charge in [-0.15, -0.1) is 0 Å². The van der Waals surface area contributed by atoms with Crippen LogP contribution in [0.15, 0.2) is 24.3 Å². The highest BCUT2D eigenvalue weighted by Crippen LogP contribution is 2.33. The number of benzene rings is 1. The molecule has 0 aromatic heterocycles. The van der Waals surface area contributed by atoms with Crippen molar-refractivity contribution in [2.75, 3.05) is 6.54 Å². The zero-order valence-electron chi connectivity index (χ0n) is 12.7. The van der Waals surface area contributed by atoms with Crippen molar-refractivity contribution in [1.29, 1.82) is 0 Å². The number of carbonyl (C=O) groups excluding carboxylic acids is 1. The Hall–Kier alpha value is -1.35. The van der Waals surface area contributed by atoms with E-state index in [4.69, 9.17) is 5.73 Å². The first-order valence-electron chi connectivity index (χ1n) is 8.39. The highest BCUT2D eigenvalue weighted by Gasteiger charge is 2.31. The van der Waals surface area contributed by atoms with Crippen LogP contribution in [0.5, 0.6) is 0 Å². The molecule has 0 aliphatic heterocycles. The van der Waals surface area contributed by atoms with Crippen LogP contribution in [-0.4, -0.2) is 18.5 Å². The number of nitrogens with two attached hydrogens (primary N) is 1. The molecule has 3 nitrogen and oxygen atoms in total. The molecule has 2 fully saturated rings. The maximum absolute atomic E-state index is 12.3. The fourth-order valence-corrected chi connectivity index (χ4v) is 3.46. The lowest BCUT2D eigenvalue weighted by Gasteiger charge is -2.22. The fraction of sp³-hybridized carbons (Fsp3) is 0.611. The van der Waals surface area contributed by atoms with Gasteiger partial charge in [0.2, 0.25) is 0 Å². The SMILES string of the molecule is NCC(NC(=O)c1ccc(C2CCCCC2)cc1)C1CC1. The molecule has 3 heteroatoms. The Morgan fingerprint density at radius 3 is 2.33 bits per heavy atom. The van der Waals surface area contributed by atoms with Crippen LogP contribution < -0.4 is 11.1 Å². The second kappa shape index (κ2) is 6.61. The molecule has 114 valence electrons. The monoisotopic (exact) mass is 286 g/mol. The summed E-state index contributed by atoms with van der Waals surface area (Å²) in [6.07, 6.45) is 9.04. The van der Waals surface area contributed by atoms with E-state index in [-0.39, 0.29) is 11.9 Å². The highest BCUT2D eigenvalue weighted by molar-refractivity contribution is 5.94. The van der Waals surface area contributed by atoms with Crippen molar-refractivity contribution in [2.45, 2.75) is 56.9 Å². The van der Waals surface area contributed by atoms with E-state index >= 15 is 0 Å². The largest absolute Gasteiger partial charge is 0.348 e. The van der Waals surface area contributed by atoms with Gasteiger partial charge in [0.15, 0.2) is 0 Å². The van der Waals surface area contributed by atoms with Gasteiger partial charge in [0.05, 0.1) is 0 Å². The second-order valence-corrected chi connectivity index (χ2v) is 6.61. The molecule has 3 rings (SSSR count). The molecule has 0 bridgehead atoms. The van der Waals surface area contributed by atoms with Gasteiger partial charge in [-0.25, -0.2) is 0 Å². The van der Waals surface area contributed by atoms with E-state index in [1.807, 2.05) is 12.1 Å². The summed E-state index contributed by atoms with van der Waals surface area (Å²) in [5.41, 5.74) is 7.90. The smallest absolute Gasteiger partial charge is 0.251 e. The van der Waals surface area contributed by atoms with Gasteiger partial charge >= 0.3 is 0 Å². The molecule has 0 saturated heterocycles. The van der Waals surface area contributed by atoms with Gasteiger partial charge in [-0.05, 0) is 55.2 Å². The number of rotatable bonds is 5. The zero-order chi connectivity index (χ0) is 14.7. The molecular formula is C18H26N2O. The van der Waals surface area contributed by atoms with Crippen LogP contribution in [0, 0.1) is 5.92 Å². The second-order valence-electron chi connectivity index (χ2n) is 6.61. The predicted octanol–water partition coefficient (Wildman–Crippen LogP) is 3.20. The summed E-state index contributed by atoms with van der Waals surface area (Å²) >= 11 is 0. The van der Waals surface area contributed by atoms with E-state index in [1.54, 1.807) is 0 Å². The summed E-state index contributed by atoms with van der Waals surface area (Å²) in [5.74, 6) is 1.31. The number of amides is 1. The third-order valence-electron chi connectivity index (χ3n) is 5.01. The van der Waals surface area contributed by atoms with Gasteiger partial charge in [-0.2, -0.15) is 0 Å². The highest BCUT2D eigenvalue weighted by atomic mass is 16.1. The first-order valence-corrected chi connectivity index (χ1v) is 8.39. The molecule has 0 heterocycles. The van der Waals surface area contributed by atoms with Crippen LogP contribution in [0.25, 0.3) is 0 Å². The van der Waals surface area contributed by atoms with Crippen molar-refractivity contribution in [3.63, 3.8) is 0 Å². The predicted molar refractivity (Wildman–Crippen MR) is 85.3 cm³/mol. The molecule has 2 saturated carbocycles. The van der Waals surface area contributed by atoms with Crippen LogP contribution in [0.2, 0.25) is 0 Å². The summed E-state index contributed by atoms with van der Waals surface area (Å²) in [4.78, 5) is 12.3.